The molecule has 1 aliphatic heterocycles. The van der Waals surface area contributed by atoms with Crippen molar-refractivity contribution in [1.82, 2.24) is 4.90 Å². The van der Waals surface area contributed by atoms with Crippen molar-refractivity contribution in [3.8, 4) is 0 Å². The monoisotopic (exact) mass is 269 g/mol. The molecule has 4 saturated carbocycles. The molecular weight excluding hydrogens is 246 g/mol. The summed E-state index contributed by atoms with van der Waals surface area (Å²) >= 11 is 0. The van der Waals surface area contributed by atoms with E-state index in [9.17, 15) is 5.11 Å². The summed E-state index contributed by atoms with van der Waals surface area (Å²) in [6.45, 7) is 0.962. The molecule has 0 radical (unpaired) electrons. The maximum absolute atomic E-state index is 10.8. The van der Waals surface area contributed by atoms with Crippen LogP contribution in [0.1, 0.15) is 55.9 Å². The van der Waals surface area contributed by atoms with Crippen LogP contribution in [0, 0.1) is 17.8 Å². The van der Waals surface area contributed by atoms with Gasteiger partial charge >= 0.3 is 0 Å². The molecule has 2 heteroatoms. The van der Waals surface area contributed by atoms with Gasteiger partial charge in [-0.05, 0) is 67.4 Å². The van der Waals surface area contributed by atoms with Gasteiger partial charge in [-0.25, -0.2) is 0 Å². The van der Waals surface area contributed by atoms with Gasteiger partial charge in [0.1, 0.15) is 6.23 Å². The van der Waals surface area contributed by atoms with Crippen molar-refractivity contribution < 1.29 is 5.11 Å². The van der Waals surface area contributed by atoms with Crippen LogP contribution >= 0.6 is 0 Å². The summed E-state index contributed by atoms with van der Waals surface area (Å²) in [6.07, 6.45) is 8.06. The molecule has 0 spiro atoms. The van der Waals surface area contributed by atoms with Crippen molar-refractivity contribution >= 4 is 0 Å². The van der Waals surface area contributed by atoms with Crippen molar-refractivity contribution in [2.75, 3.05) is 0 Å². The lowest BCUT2D eigenvalue weighted by molar-refractivity contribution is -0.146. The van der Waals surface area contributed by atoms with E-state index in [0.29, 0.717) is 5.54 Å². The molecule has 0 amide bonds. The zero-order chi connectivity index (χ0) is 13.3. The second-order valence-corrected chi connectivity index (χ2v) is 7.84. The van der Waals surface area contributed by atoms with Crippen LogP contribution in [0.5, 0.6) is 0 Å². The third-order valence-corrected chi connectivity index (χ3v) is 6.58. The first-order chi connectivity index (χ1) is 9.73. The van der Waals surface area contributed by atoms with Crippen LogP contribution in [-0.4, -0.2) is 15.5 Å². The Morgan fingerprint density at radius 3 is 2.15 bits per heavy atom. The van der Waals surface area contributed by atoms with E-state index >= 15 is 0 Å². The first kappa shape index (κ1) is 11.8. The van der Waals surface area contributed by atoms with Crippen molar-refractivity contribution in [3.05, 3.63) is 35.4 Å². The van der Waals surface area contributed by atoms with Crippen LogP contribution in [-0.2, 0) is 6.54 Å². The average molecular weight is 269 g/mol. The Hall–Kier alpha value is -0.860. The Morgan fingerprint density at radius 2 is 1.55 bits per heavy atom. The summed E-state index contributed by atoms with van der Waals surface area (Å²) in [5.41, 5.74) is 2.81. The lowest BCUT2D eigenvalue weighted by Crippen LogP contribution is -2.59. The highest BCUT2D eigenvalue weighted by Crippen LogP contribution is 2.59. The van der Waals surface area contributed by atoms with Crippen molar-refractivity contribution in [2.24, 2.45) is 17.8 Å². The van der Waals surface area contributed by atoms with E-state index in [1.165, 1.54) is 44.1 Å². The third kappa shape index (κ3) is 1.47. The fraction of sp³-hybridized carbons (Fsp3) is 0.667. The molecule has 1 aromatic rings. The minimum absolute atomic E-state index is 0.313. The van der Waals surface area contributed by atoms with Gasteiger partial charge in [0.25, 0.3) is 0 Å². The van der Waals surface area contributed by atoms with E-state index in [2.05, 4.69) is 29.2 Å². The van der Waals surface area contributed by atoms with E-state index in [4.69, 9.17) is 0 Å². The predicted molar refractivity (Wildman–Crippen MR) is 77.8 cm³/mol. The number of fused-ring (bicyclic) bond motifs is 1. The van der Waals surface area contributed by atoms with Gasteiger partial charge in [0.05, 0.1) is 0 Å². The van der Waals surface area contributed by atoms with E-state index in [1.54, 1.807) is 0 Å². The largest absolute Gasteiger partial charge is 0.374 e. The standard InChI is InChI=1S/C18H23NO/c20-17-16-4-2-1-3-15(16)11-19(17)18-8-12-5-13(9-18)7-14(6-12)10-18/h1-4,12-14,17,20H,5-11H2. The molecule has 1 aromatic carbocycles. The molecule has 0 saturated heterocycles. The highest BCUT2D eigenvalue weighted by atomic mass is 16.3. The first-order valence-electron chi connectivity index (χ1n) is 8.26. The molecule has 1 atom stereocenters. The van der Waals surface area contributed by atoms with Gasteiger partial charge in [-0.2, -0.15) is 0 Å². The van der Waals surface area contributed by atoms with Gasteiger partial charge in [0, 0.05) is 12.1 Å². The van der Waals surface area contributed by atoms with E-state index in [1.807, 2.05) is 0 Å². The molecule has 4 bridgehead atoms. The van der Waals surface area contributed by atoms with Crippen LogP contribution in [0.15, 0.2) is 24.3 Å². The fourth-order valence-corrected chi connectivity index (χ4v) is 6.21. The molecule has 20 heavy (non-hydrogen) atoms. The maximum Gasteiger partial charge on any atom is 0.134 e. The van der Waals surface area contributed by atoms with E-state index in [-0.39, 0.29) is 6.23 Å². The van der Waals surface area contributed by atoms with E-state index in [0.717, 1.165) is 29.9 Å². The Morgan fingerprint density at radius 1 is 0.950 bits per heavy atom. The zero-order valence-electron chi connectivity index (χ0n) is 12.0. The van der Waals surface area contributed by atoms with Crippen molar-refractivity contribution in [3.63, 3.8) is 0 Å². The molecule has 2 nitrogen and oxygen atoms in total. The number of aliphatic hydroxyl groups is 1. The molecule has 106 valence electrons. The molecular formula is C18H23NO. The summed E-state index contributed by atoms with van der Waals surface area (Å²) in [7, 11) is 0. The molecule has 6 rings (SSSR count). The van der Waals surface area contributed by atoms with Crippen LogP contribution in [0.25, 0.3) is 0 Å². The topological polar surface area (TPSA) is 23.5 Å². The van der Waals surface area contributed by atoms with Crippen LogP contribution in [0.4, 0.5) is 0 Å². The van der Waals surface area contributed by atoms with Gasteiger partial charge in [-0.3, -0.25) is 4.90 Å². The zero-order valence-corrected chi connectivity index (χ0v) is 12.0. The molecule has 1 unspecified atom stereocenters. The predicted octanol–water partition coefficient (Wildman–Crippen LogP) is 3.46. The van der Waals surface area contributed by atoms with Crippen LogP contribution < -0.4 is 0 Å². The molecule has 5 aliphatic rings. The highest BCUT2D eigenvalue weighted by Gasteiger charge is 2.55. The second kappa shape index (κ2) is 3.86. The SMILES string of the molecule is OC1c2ccccc2CN1C12CC3CC(CC(C3)C1)C2. The number of benzene rings is 1. The Balaban J connectivity index is 1.52. The van der Waals surface area contributed by atoms with Gasteiger partial charge in [0.2, 0.25) is 0 Å². The number of hydrogen-bond acceptors (Lipinski definition) is 2. The summed E-state index contributed by atoms with van der Waals surface area (Å²) in [6, 6.07) is 8.47. The highest BCUT2D eigenvalue weighted by molar-refractivity contribution is 5.33. The third-order valence-electron chi connectivity index (χ3n) is 6.58. The maximum atomic E-state index is 10.8. The number of nitrogens with zero attached hydrogens (tertiary/aromatic N) is 1. The van der Waals surface area contributed by atoms with Crippen LogP contribution in [0.3, 0.4) is 0 Å². The molecule has 1 N–H and O–H groups in total. The second-order valence-electron chi connectivity index (χ2n) is 7.84. The molecule has 1 heterocycles. The number of aliphatic hydroxyl groups excluding tert-OH is 1. The normalized spacial score (nSPS) is 45.9. The average Bonchev–Trinajstić information content (AvgIpc) is 2.76. The summed E-state index contributed by atoms with van der Waals surface area (Å²) < 4.78 is 0. The summed E-state index contributed by atoms with van der Waals surface area (Å²) in [5, 5.41) is 10.8. The van der Waals surface area contributed by atoms with Gasteiger partial charge < -0.3 is 5.11 Å². The fourth-order valence-electron chi connectivity index (χ4n) is 6.21. The Kier molecular flexibility index (Phi) is 2.27. The first-order valence-corrected chi connectivity index (χ1v) is 8.26. The molecule has 4 fully saturated rings. The molecule has 4 aliphatic carbocycles. The van der Waals surface area contributed by atoms with E-state index < -0.39 is 0 Å². The van der Waals surface area contributed by atoms with Crippen LogP contribution in [0.2, 0.25) is 0 Å². The lowest BCUT2D eigenvalue weighted by Gasteiger charge is -2.60. The van der Waals surface area contributed by atoms with Crippen molar-refractivity contribution in [2.45, 2.75) is 56.8 Å². The Labute approximate surface area is 120 Å². The summed E-state index contributed by atoms with van der Waals surface area (Å²) in [5.74, 6) is 2.83. The Bertz CT molecular complexity index is 517. The summed E-state index contributed by atoms with van der Waals surface area (Å²) in [4.78, 5) is 2.46. The van der Waals surface area contributed by atoms with Gasteiger partial charge in [-0.1, -0.05) is 24.3 Å². The minimum Gasteiger partial charge on any atom is -0.374 e. The number of hydrogen-bond donors (Lipinski definition) is 1. The van der Waals surface area contributed by atoms with Gasteiger partial charge in [-0.15, -0.1) is 0 Å². The molecule has 0 aromatic heterocycles. The van der Waals surface area contributed by atoms with Crippen molar-refractivity contribution in [1.29, 1.82) is 0 Å². The van der Waals surface area contributed by atoms with Gasteiger partial charge in [0.15, 0.2) is 0 Å². The smallest absolute Gasteiger partial charge is 0.134 e. The number of rotatable bonds is 1. The lowest BCUT2D eigenvalue weighted by atomic mass is 9.52. The quantitative estimate of drug-likeness (QED) is 0.844. The minimum atomic E-state index is -0.359.